The highest BCUT2D eigenvalue weighted by Crippen LogP contribution is 2.21. The number of rotatable bonds is 6. The molecule has 0 radical (unpaired) electrons. The van der Waals surface area contributed by atoms with Gasteiger partial charge in [-0.15, -0.1) is 0 Å². The number of carbonyl (C=O) groups is 1. The van der Waals surface area contributed by atoms with Crippen LogP contribution in [0.1, 0.15) is 38.7 Å². The van der Waals surface area contributed by atoms with Crippen LogP contribution in [-0.2, 0) is 4.79 Å². The van der Waals surface area contributed by atoms with Gasteiger partial charge in [0, 0.05) is 10.7 Å². The minimum atomic E-state index is -0.609. The maximum atomic E-state index is 12.2. The number of carbonyl (C=O) groups excluding carboxylic acids is 1. The fraction of sp³-hybridized carbons (Fsp3) is 0.316. The molecule has 1 N–H and O–H groups in total. The summed E-state index contributed by atoms with van der Waals surface area (Å²) in [7, 11) is 0. The van der Waals surface area contributed by atoms with E-state index in [0.29, 0.717) is 16.7 Å². The van der Waals surface area contributed by atoms with Crippen LogP contribution < -0.4 is 10.1 Å². The van der Waals surface area contributed by atoms with Gasteiger partial charge >= 0.3 is 0 Å². The van der Waals surface area contributed by atoms with Crippen molar-refractivity contribution in [2.45, 2.75) is 39.2 Å². The molecule has 4 heteroatoms. The molecule has 0 unspecified atom stereocenters. The summed E-state index contributed by atoms with van der Waals surface area (Å²) in [6.45, 7) is 6.06. The van der Waals surface area contributed by atoms with Gasteiger partial charge in [0.2, 0.25) is 0 Å². The minimum Gasteiger partial charge on any atom is -0.481 e. The Labute approximate surface area is 142 Å². The predicted molar refractivity (Wildman–Crippen MR) is 95.3 cm³/mol. The predicted octanol–water partition coefficient (Wildman–Crippen LogP) is 5.26. The fourth-order valence-electron chi connectivity index (χ4n) is 2.17. The van der Waals surface area contributed by atoms with Crippen LogP contribution in [-0.4, -0.2) is 12.0 Å². The van der Waals surface area contributed by atoms with Crippen molar-refractivity contribution in [1.82, 2.24) is 0 Å². The lowest BCUT2D eigenvalue weighted by Crippen LogP contribution is -2.30. The van der Waals surface area contributed by atoms with Crippen molar-refractivity contribution in [3.8, 4) is 5.75 Å². The Bertz CT molecular complexity index is 655. The van der Waals surface area contributed by atoms with E-state index in [1.165, 1.54) is 5.56 Å². The topological polar surface area (TPSA) is 38.3 Å². The Morgan fingerprint density at radius 2 is 1.87 bits per heavy atom. The fourth-order valence-corrected chi connectivity index (χ4v) is 2.35. The van der Waals surface area contributed by atoms with Gasteiger partial charge in [0.25, 0.3) is 5.91 Å². The van der Waals surface area contributed by atoms with E-state index in [9.17, 15) is 4.79 Å². The Kier molecular flexibility index (Phi) is 6.05. The van der Waals surface area contributed by atoms with Crippen LogP contribution in [0.4, 0.5) is 5.69 Å². The van der Waals surface area contributed by atoms with Crippen molar-refractivity contribution in [2.24, 2.45) is 0 Å². The number of ether oxygens (including phenoxy) is 1. The molecule has 2 atom stereocenters. The molecule has 2 aromatic rings. The Hall–Kier alpha value is -2.00. The second-order valence-corrected chi connectivity index (χ2v) is 6.07. The molecule has 23 heavy (non-hydrogen) atoms. The first-order chi connectivity index (χ1) is 11.0. The van der Waals surface area contributed by atoms with E-state index in [0.717, 1.165) is 12.1 Å². The molecule has 0 saturated carbocycles. The number of amides is 1. The Balaban J connectivity index is 1.95. The lowest BCUT2D eigenvalue weighted by Gasteiger charge is -2.15. The van der Waals surface area contributed by atoms with Crippen LogP contribution in [0.3, 0.4) is 0 Å². The van der Waals surface area contributed by atoms with E-state index < -0.39 is 6.10 Å². The van der Waals surface area contributed by atoms with E-state index in [1.807, 2.05) is 24.3 Å². The Morgan fingerprint density at radius 3 is 2.48 bits per heavy atom. The standard InChI is InChI=1S/C19H22ClNO2/c1-4-13(2)15-8-10-17(11-9-15)21-19(22)14(3)23-18-7-5-6-16(20)12-18/h5-14H,4H2,1-3H3,(H,21,22)/t13-,14-/m1/s1. The third-order valence-corrected chi connectivity index (χ3v) is 4.07. The second-order valence-electron chi connectivity index (χ2n) is 5.64. The van der Waals surface area contributed by atoms with Crippen LogP contribution in [0.5, 0.6) is 5.75 Å². The van der Waals surface area contributed by atoms with Crippen molar-refractivity contribution < 1.29 is 9.53 Å². The van der Waals surface area contributed by atoms with Crippen LogP contribution in [0.25, 0.3) is 0 Å². The molecule has 2 rings (SSSR count). The van der Waals surface area contributed by atoms with Gasteiger partial charge < -0.3 is 10.1 Å². The van der Waals surface area contributed by atoms with E-state index in [2.05, 4.69) is 19.2 Å². The number of nitrogens with one attached hydrogen (secondary N) is 1. The molecular weight excluding hydrogens is 310 g/mol. The molecular formula is C19H22ClNO2. The first kappa shape index (κ1) is 17.4. The monoisotopic (exact) mass is 331 g/mol. The van der Waals surface area contributed by atoms with E-state index >= 15 is 0 Å². The number of hydrogen-bond acceptors (Lipinski definition) is 2. The molecule has 122 valence electrons. The smallest absolute Gasteiger partial charge is 0.265 e. The number of anilines is 1. The van der Waals surface area contributed by atoms with Gasteiger partial charge in [-0.3, -0.25) is 4.79 Å². The van der Waals surface area contributed by atoms with Gasteiger partial charge in [0.1, 0.15) is 5.75 Å². The molecule has 2 aromatic carbocycles. The van der Waals surface area contributed by atoms with E-state index in [-0.39, 0.29) is 5.91 Å². The van der Waals surface area contributed by atoms with Crippen LogP contribution in [0.15, 0.2) is 48.5 Å². The summed E-state index contributed by atoms with van der Waals surface area (Å²) in [5.41, 5.74) is 2.04. The highest BCUT2D eigenvalue weighted by atomic mass is 35.5. The van der Waals surface area contributed by atoms with Gasteiger partial charge in [-0.25, -0.2) is 0 Å². The molecule has 0 spiro atoms. The number of halogens is 1. The number of hydrogen-bond donors (Lipinski definition) is 1. The van der Waals surface area contributed by atoms with Gasteiger partial charge in [0.05, 0.1) is 0 Å². The first-order valence-corrected chi connectivity index (χ1v) is 8.20. The average molecular weight is 332 g/mol. The van der Waals surface area contributed by atoms with Crippen molar-refractivity contribution in [1.29, 1.82) is 0 Å². The zero-order chi connectivity index (χ0) is 16.8. The van der Waals surface area contributed by atoms with Crippen LogP contribution in [0, 0.1) is 0 Å². The molecule has 3 nitrogen and oxygen atoms in total. The summed E-state index contributed by atoms with van der Waals surface area (Å²) in [5, 5.41) is 3.44. The molecule has 0 aliphatic rings. The van der Waals surface area contributed by atoms with Gasteiger partial charge in [-0.1, -0.05) is 43.6 Å². The molecule has 0 aliphatic heterocycles. The normalized spacial score (nSPS) is 13.2. The molecule has 0 bridgehead atoms. The highest BCUT2D eigenvalue weighted by Gasteiger charge is 2.15. The summed E-state index contributed by atoms with van der Waals surface area (Å²) in [4.78, 5) is 12.2. The van der Waals surface area contributed by atoms with Gasteiger partial charge in [-0.05, 0) is 55.2 Å². The van der Waals surface area contributed by atoms with Crippen molar-refractivity contribution in [2.75, 3.05) is 5.32 Å². The van der Waals surface area contributed by atoms with Gasteiger partial charge in [0.15, 0.2) is 6.10 Å². The van der Waals surface area contributed by atoms with Crippen LogP contribution in [0.2, 0.25) is 5.02 Å². The first-order valence-electron chi connectivity index (χ1n) is 7.82. The summed E-state index contributed by atoms with van der Waals surface area (Å²) < 4.78 is 5.61. The summed E-state index contributed by atoms with van der Waals surface area (Å²) in [6, 6.07) is 15.0. The zero-order valence-electron chi connectivity index (χ0n) is 13.7. The second kappa shape index (κ2) is 8.02. The Morgan fingerprint density at radius 1 is 1.17 bits per heavy atom. The maximum absolute atomic E-state index is 12.2. The molecule has 0 aromatic heterocycles. The van der Waals surface area contributed by atoms with E-state index in [4.69, 9.17) is 16.3 Å². The summed E-state index contributed by atoms with van der Waals surface area (Å²) >= 11 is 5.91. The van der Waals surface area contributed by atoms with E-state index in [1.54, 1.807) is 31.2 Å². The van der Waals surface area contributed by atoms with Crippen molar-refractivity contribution in [3.05, 3.63) is 59.1 Å². The molecule has 0 fully saturated rings. The third-order valence-electron chi connectivity index (χ3n) is 3.84. The largest absolute Gasteiger partial charge is 0.481 e. The van der Waals surface area contributed by atoms with Gasteiger partial charge in [-0.2, -0.15) is 0 Å². The summed E-state index contributed by atoms with van der Waals surface area (Å²) in [6.07, 6.45) is 0.485. The lowest BCUT2D eigenvalue weighted by molar-refractivity contribution is -0.122. The molecule has 0 heterocycles. The molecule has 0 aliphatic carbocycles. The SMILES string of the molecule is CC[C@@H](C)c1ccc(NC(=O)[C@@H](C)Oc2cccc(Cl)c2)cc1. The molecule has 0 saturated heterocycles. The minimum absolute atomic E-state index is 0.193. The number of benzene rings is 2. The molecule has 1 amide bonds. The highest BCUT2D eigenvalue weighted by molar-refractivity contribution is 6.30. The van der Waals surface area contributed by atoms with Crippen LogP contribution >= 0.6 is 11.6 Å². The average Bonchev–Trinajstić information content (AvgIpc) is 2.54. The lowest BCUT2D eigenvalue weighted by atomic mass is 9.99. The zero-order valence-corrected chi connectivity index (χ0v) is 14.4. The summed E-state index contributed by atoms with van der Waals surface area (Å²) in [5.74, 6) is 0.901. The quantitative estimate of drug-likeness (QED) is 0.784. The van der Waals surface area contributed by atoms with Crippen molar-refractivity contribution >= 4 is 23.2 Å². The third kappa shape index (κ3) is 5.00. The maximum Gasteiger partial charge on any atom is 0.265 e. The van der Waals surface area contributed by atoms with Crippen molar-refractivity contribution in [3.63, 3.8) is 0 Å².